The molecular weight excluding hydrogens is 456 g/mol. The van der Waals surface area contributed by atoms with Gasteiger partial charge < -0.3 is 26.5 Å². The Labute approximate surface area is 204 Å². The molecule has 180 valence electrons. The first kappa shape index (κ1) is 26.4. The minimum Gasteiger partial charge on any atom is -0.508 e. The van der Waals surface area contributed by atoms with Gasteiger partial charge in [-0.15, -0.1) is 12.4 Å². The highest BCUT2D eigenvalue weighted by Crippen LogP contribution is 2.13. The number of amidine groups is 1. The lowest BCUT2D eigenvalue weighted by molar-refractivity contribution is -0.127. The SMILES string of the molecule is Cl.N=C(N)c1ccc(CNC(C(=O)NCC(=O)NCCc2ccc(O)cc2)c2ccc[nH]2)cc1. The molecule has 0 aliphatic carbocycles. The number of aromatic amines is 1. The third kappa shape index (κ3) is 7.95. The number of amides is 2. The Kier molecular flexibility index (Phi) is 10.1. The van der Waals surface area contributed by atoms with Gasteiger partial charge in [-0.1, -0.05) is 36.4 Å². The summed E-state index contributed by atoms with van der Waals surface area (Å²) in [6, 6.07) is 16.9. The molecule has 3 rings (SSSR count). The van der Waals surface area contributed by atoms with Crippen LogP contribution in [0.2, 0.25) is 0 Å². The Hall–Kier alpha value is -3.82. The van der Waals surface area contributed by atoms with E-state index in [4.69, 9.17) is 11.1 Å². The number of aromatic nitrogens is 1. The van der Waals surface area contributed by atoms with Gasteiger partial charge in [0.15, 0.2) is 0 Å². The summed E-state index contributed by atoms with van der Waals surface area (Å²) in [7, 11) is 0. The molecule has 1 unspecified atom stereocenters. The first-order valence-corrected chi connectivity index (χ1v) is 10.5. The number of rotatable bonds is 11. The van der Waals surface area contributed by atoms with Crippen molar-refractivity contribution in [3.63, 3.8) is 0 Å². The van der Waals surface area contributed by atoms with Crippen molar-refractivity contribution in [3.05, 3.63) is 89.2 Å². The van der Waals surface area contributed by atoms with E-state index in [2.05, 4.69) is 20.9 Å². The van der Waals surface area contributed by atoms with Crippen molar-refractivity contribution in [2.75, 3.05) is 13.1 Å². The van der Waals surface area contributed by atoms with Crippen molar-refractivity contribution in [1.82, 2.24) is 20.9 Å². The van der Waals surface area contributed by atoms with Gasteiger partial charge >= 0.3 is 0 Å². The quantitative estimate of drug-likeness (QED) is 0.163. The van der Waals surface area contributed by atoms with E-state index in [1.54, 1.807) is 54.7 Å². The summed E-state index contributed by atoms with van der Waals surface area (Å²) >= 11 is 0. The summed E-state index contributed by atoms with van der Waals surface area (Å²) < 4.78 is 0. The molecule has 1 heterocycles. The summed E-state index contributed by atoms with van der Waals surface area (Å²) in [5, 5.41) is 25.4. The van der Waals surface area contributed by atoms with Crippen LogP contribution >= 0.6 is 12.4 Å². The van der Waals surface area contributed by atoms with E-state index >= 15 is 0 Å². The molecular formula is C24H29ClN6O3. The van der Waals surface area contributed by atoms with Gasteiger partial charge in [0, 0.05) is 30.5 Å². The second-order valence-corrected chi connectivity index (χ2v) is 7.53. The number of H-pyrrole nitrogens is 1. The summed E-state index contributed by atoms with van der Waals surface area (Å²) in [4.78, 5) is 28.0. The van der Waals surface area contributed by atoms with Crippen LogP contribution in [0.3, 0.4) is 0 Å². The van der Waals surface area contributed by atoms with Gasteiger partial charge in [0.05, 0.1) is 6.54 Å². The highest BCUT2D eigenvalue weighted by molar-refractivity contribution is 5.94. The maximum Gasteiger partial charge on any atom is 0.243 e. The monoisotopic (exact) mass is 484 g/mol. The predicted molar refractivity (Wildman–Crippen MR) is 133 cm³/mol. The molecule has 0 saturated heterocycles. The molecule has 0 aliphatic rings. The predicted octanol–water partition coefficient (Wildman–Crippen LogP) is 1.73. The van der Waals surface area contributed by atoms with Crippen molar-refractivity contribution < 1.29 is 14.7 Å². The number of hydrogen-bond donors (Lipinski definition) is 7. The number of phenolic OH excluding ortho intramolecular Hbond substituents is 1. The summed E-state index contributed by atoms with van der Waals surface area (Å²) in [6.45, 7) is 0.697. The number of nitrogen functional groups attached to an aromatic ring is 1. The summed E-state index contributed by atoms with van der Waals surface area (Å²) in [6.07, 6.45) is 2.35. The van der Waals surface area contributed by atoms with Crippen LogP contribution in [-0.4, -0.2) is 40.8 Å². The van der Waals surface area contributed by atoms with Crippen LogP contribution in [0.1, 0.15) is 28.4 Å². The third-order valence-corrected chi connectivity index (χ3v) is 5.07. The number of nitrogens with two attached hydrogens (primary N) is 1. The van der Waals surface area contributed by atoms with Crippen LogP contribution in [-0.2, 0) is 22.6 Å². The Bertz CT molecular complexity index is 1070. The van der Waals surface area contributed by atoms with Crippen LogP contribution < -0.4 is 21.7 Å². The van der Waals surface area contributed by atoms with Crippen LogP contribution in [0, 0.1) is 5.41 Å². The number of hydrogen-bond acceptors (Lipinski definition) is 5. The summed E-state index contributed by atoms with van der Waals surface area (Å²) in [5.41, 5.74) is 8.71. The lowest BCUT2D eigenvalue weighted by Gasteiger charge is -2.18. The highest BCUT2D eigenvalue weighted by Gasteiger charge is 2.21. The average molecular weight is 485 g/mol. The molecule has 3 aromatic rings. The first-order chi connectivity index (χ1) is 15.9. The van der Waals surface area contributed by atoms with E-state index in [0.29, 0.717) is 30.8 Å². The van der Waals surface area contributed by atoms with Crippen molar-refractivity contribution in [1.29, 1.82) is 5.41 Å². The molecule has 0 fully saturated rings. The fourth-order valence-electron chi connectivity index (χ4n) is 3.23. The smallest absolute Gasteiger partial charge is 0.243 e. The maximum absolute atomic E-state index is 12.8. The number of aromatic hydroxyl groups is 1. The summed E-state index contributed by atoms with van der Waals surface area (Å²) in [5.74, 6) is -0.415. The van der Waals surface area contributed by atoms with Gasteiger partial charge in [-0.05, 0) is 41.8 Å². The number of phenols is 1. The van der Waals surface area contributed by atoms with E-state index < -0.39 is 6.04 Å². The number of carbonyl (C=O) groups excluding carboxylic acids is 2. The van der Waals surface area contributed by atoms with Crippen molar-refractivity contribution >= 4 is 30.1 Å². The molecule has 34 heavy (non-hydrogen) atoms. The van der Waals surface area contributed by atoms with Gasteiger partial charge in [0.1, 0.15) is 17.6 Å². The Morgan fingerprint density at radius 1 is 1.00 bits per heavy atom. The van der Waals surface area contributed by atoms with Crippen molar-refractivity contribution in [3.8, 4) is 5.75 Å². The van der Waals surface area contributed by atoms with Gasteiger partial charge in [0.25, 0.3) is 0 Å². The van der Waals surface area contributed by atoms with Crippen LogP contribution in [0.25, 0.3) is 0 Å². The molecule has 8 N–H and O–H groups in total. The maximum atomic E-state index is 12.8. The molecule has 0 bridgehead atoms. The van der Waals surface area contributed by atoms with Crippen molar-refractivity contribution in [2.45, 2.75) is 19.0 Å². The fourth-order valence-corrected chi connectivity index (χ4v) is 3.23. The zero-order valence-electron chi connectivity index (χ0n) is 18.5. The molecule has 1 aromatic heterocycles. The second-order valence-electron chi connectivity index (χ2n) is 7.53. The topological polar surface area (TPSA) is 156 Å². The molecule has 2 amide bonds. The Morgan fingerprint density at radius 2 is 1.68 bits per heavy atom. The molecule has 0 saturated carbocycles. The van der Waals surface area contributed by atoms with Gasteiger partial charge in [0.2, 0.25) is 11.8 Å². The molecule has 0 radical (unpaired) electrons. The Morgan fingerprint density at radius 3 is 2.29 bits per heavy atom. The first-order valence-electron chi connectivity index (χ1n) is 10.5. The zero-order valence-corrected chi connectivity index (χ0v) is 19.3. The van der Waals surface area contributed by atoms with Crippen LogP contribution in [0.5, 0.6) is 5.75 Å². The van der Waals surface area contributed by atoms with E-state index in [9.17, 15) is 14.7 Å². The van der Waals surface area contributed by atoms with Crippen LogP contribution in [0.4, 0.5) is 0 Å². The second kappa shape index (κ2) is 13.0. The molecule has 10 heteroatoms. The average Bonchev–Trinajstić information content (AvgIpc) is 3.34. The van der Waals surface area contributed by atoms with Crippen molar-refractivity contribution in [2.24, 2.45) is 5.73 Å². The number of halogens is 1. The molecule has 0 spiro atoms. The van der Waals surface area contributed by atoms with E-state index in [1.165, 1.54) is 0 Å². The van der Waals surface area contributed by atoms with Gasteiger partial charge in [-0.2, -0.15) is 0 Å². The van der Waals surface area contributed by atoms with E-state index in [0.717, 1.165) is 11.1 Å². The minimum absolute atomic E-state index is 0. The zero-order chi connectivity index (χ0) is 23.6. The number of nitrogens with one attached hydrogen (secondary N) is 5. The molecule has 1 atom stereocenters. The Balaban J connectivity index is 0.00000408. The lowest BCUT2D eigenvalue weighted by Crippen LogP contribution is -2.43. The molecule has 0 aliphatic heterocycles. The number of benzene rings is 2. The lowest BCUT2D eigenvalue weighted by atomic mass is 10.1. The molecule has 9 nitrogen and oxygen atoms in total. The van der Waals surface area contributed by atoms with E-state index in [-0.39, 0.29) is 42.4 Å². The highest BCUT2D eigenvalue weighted by atomic mass is 35.5. The van der Waals surface area contributed by atoms with E-state index in [1.807, 2.05) is 12.1 Å². The van der Waals surface area contributed by atoms with Gasteiger partial charge in [-0.25, -0.2) is 0 Å². The van der Waals surface area contributed by atoms with Crippen LogP contribution in [0.15, 0.2) is 66.9 Å². The molecule has 2 aromatic carbocycles. The number of carbonyl (C=O) groups is 2. The standard InChI is InChI=1S/C24H28N6O3.ClH/c25-23(26)18-7-3-17(4-8-18)14-29-22(20-2-1-12-27-20)24(33)30-15-21(32)28-13-11-16-5-9-19(31)10-6-16;/h1-10,12,22,27,29,31H,11,13-15H2,(H3,25,26)(H,28,32)(H,30,33);1H. The third-order valence-electron chi connectivity index (χ3n) is 5.07. The van der Waals surface area contributed by atoms with Gasteiger partial charge in [-0.3, -0.25) is 20.3 Å². The largest absolute Gasteiger partial charge is 0.508 e. The fraction of sp³-hybridized carbons (Fsp3) is 0.208. The normalized spacial score (nSPS) is 11.2. The minimum atomic E-state index is -0.669.